The summed E-state index contributed by atoms with van der Waals surface area (Å²) in [4.78, 5) is 10.9. The van der Waals surface area contributed by atoms with Gasteiger partial charge >= 0.3 is 0 Å². The Hall–Kier alpha value is -1.27. The molecular formula is C14H23FN4O. The first-order valence-electron chi connectivity index (χ1n) is 7.27. The molecule has 1 atom stereocenters. The lowest BCUT2D eigenvalue weighted by atomic mass is 10.2. The number of hydrogen-bond acceptors (Lipinski definition) is 5. The zero-order valence-corrected chi connectivity index (χ0v) is 12.4. The molecule has 1 aromatic heterocycles. The minimum atomic E-state index is -0.370. The number of rotatable bonds is 5. The summed E-state index contributed by atoms with van der Waals surface area (Å²) in [5.74, 6) is 0.484. The smallest absolute Gasteiger partial charge is 0.186 e. The predicted molar refractivity (Wildman–Crippen MR) is 76.3 cm³/mol. The molecule has 0 radical (unpaired) electrons. The fourth-order valence-corrected chi connectivity index (χ4v) is 2.23. The lowest BCUT2D eigenvalue weighted by Crippen LogP contribution is -2.38. The molecule has 0 spiro atoms. The Labute approximate surface area is 119 Å². The standard InChI is InChI=1S/C14H23FN4O/c1-4-6-16-14-12(15)10(3)17-13(18-14)11-9-19(5-2)7-8-20-11/h11H,4-9H2,1-3H3,(H,16,17,18). The van der Waals surface area contributed by atoms with Gasteiger partial charge < -0.3 is 10.1 Å². The third-order valence-corrected chi connectivity index (χ3v) is 3.46. The van der Waals surface area contributed by atoms with E-state index >= 15 is 0 Å². The largest absolute Gasteiger partial charge is 0.368 e. The van der Waals surface area contributed by atoms with Gasteiger partial charge in [0, 0.05) is 19.6 Å². The van der Waals surface area contributed by atoms with Gasteiger partial charge in [0.25, 0.3) is 0 Å². The predicted octanol–water partition coefficient (Wildman–Crippen LogP) is 2.14. The molecule has 112 valence electrons. The Morgan fingerprint density at radius 3 is 2.90 bits per heavy atom. The van der Waals surface area contributed by atoms with Crippen LogP contribution in [0.3, 0.4) is 0 Å². The van der Waals surface area contributed by atoms with Crippen LogP contribution in [0.15, 0.2) is 0 Å². The lowest BCUT2D eigenvalue weighted by molar-refractivity contribution is -0.0326. The van der Waals surface area contributed by atoms with Gasteiger partial charge in [-0.1, -0.05) is 13.8 Å². The minimum Gasteiger partial charge on any atom is -0.368 e. The van der Waals surface area contributed by atoms with E-state index in [9.17, 15) is 4.39 Å². The Kier molecular flexibility index (Phi) is 5.25. The summed E-state index contributed by atoms with van der Waals surface area (Å²) in [5, 5.41) is 3.01. The van der Waals surface area contributed by atoms with Crippen molar-refractivity contribution < 1.29 is 9.13 Å². The van der Waals surface area contributed by atoms with Crippen LogP contribution in [-0.4, -0.2) is 47.7 Å². The van der Waals surface area contributed by atoms with E-state index in [0.717, 1.165) is 26.1 Å². The van der Waals surface area contributed by atoms with Gasteiger partial charge in [-0.15, -0.1) is 0 Å². The molecule has 1 aliphatic rings. The number of nitrogens with zero attached hydrogens (tertiary/aromatic N) is 3. The fraction of sp³-hybridized carbons (Fsp3) is 0.714. The third kappa shape index (κ3) is 3.43. The van der Waals surface area contributed by atoms with Gasteiger partial charge in [0.2, 0.25) is 0 Å². The summed E-state index contributed by atoms with van der Waals surface area (Å²) in [5.41, 5.74) is 0.367. The first-order chi connectivity index (χ1) is 9.65. The first kappa shape index (κ1) is 15.1. The molecule has 1 aliphatic heterocycles. The maximum Gasteiger partial charge on any atom is 0.186 e. The molecule has 1 unspecified atom stereocenters. The Morgan fingerprint density at radius 2 is 2.20 bits per heavy atom. The van der Waals surface area contributed by atoms with Crippen LogP contribution in [0.1, 0.15) is 37.9 Å². The van der Waals surface area contributed by atoms with Gasteiger partial charge in [-0.2, -0.15) is 0 Å². The lowest BCUT2D eigenvalue weighted by Gasteiger charge is -2.31. The van der Waals surface area contributed by atoms with Crippen molar-refractivity contribution in [3.8, 4) is 0 Å². The summed E-state index contributed by atoms with van der Waals surface area (Å²) >= 11 is 0. The Bertz CT molecular complexity index is 455. The molecule has 1 aromatic rings. The third-order valence-electron chi connectivity index (χ3n) is 3.46. The molecule has 2 heterocycles. The molecule has 0 aliphatic carbocycles. The van der Waals surface area contributed by atoms with E-state index in [1.807, 2.05) is 6.92 Å². The van der Waals surface area contributed by atoms with Crippen molar-refractivity contribution in [3.63, 3.8) is 0 Å². The summed E-state index contributed by atoms with van der Waals surface area (Å²) in [6, 6.07) is 0. The number of likely N-dealkylation sites (N-methyl/N-ethyl adjacent to an activating group) is 1. The van der Waals surface area contributed by atoms with Crippen molar-refractivity contribution in [2.75, 3.05) is 38.1 Å². The molecule has 20 heavy (non-hydrogen) atoms. The van der Waals surface area contributed by atoms with Gasteiger partial charge in [0.05, 0.1) is 12.3 Å². The van der Waals surface area contributed by atoms with E-state index in [1.165, 1.54) is 0 Å². The molecular weight excluding hydrogens is 259 g/mol. The van der Waals surface area contributed by atoms with Crippen molar-refractivity contribution in [2.45, 2.75) is 33.3 Å². The maximum atomic E-state index is 14.0. The molecule has 1 saturated heterocycles. The van der Waals surface area contributed by atoms with Crippen LogP contribution < -0.4 is 5.32 Å². The van der Waals surface area contributed by atoms with Crippen LogP contribution in [0.5, 0.6) is 0 Å². The van der Waals surface area contributed by atoms with Crippen molar-refractivity contribution in [3.05, 3.63) is 17.3 Å². The van der Waals surface area contributed by atoms with Crippen LogP contribution in [0, 0.1) is 12.7 Å². The number of morpholine rings is 1. The van der Waals surface area contributed by atoms with Crippen molar-refractivity contribution >= 4 is 5.82 Å². The number of ether oxygens (including phenoxy) is 1. The second-order valence-corrected chi connectivity index (χ2v) is 5.01. The fourth-order valence-electron chi connectivity index (χ4n) is 2.23. The van der Waals surface area contributed by atoms with Gasteiger partial charge in [-0.05, 0) is 19.9 Å². The molecule has 6 heteroatoms. The first-order valence-corrected chi connectivity index (χ1v) is 7.27. The molecule has 1 fully saturated rings. The van der Waals surface area contributed by atoms with E-state index in [-0.39, 0.29) is 17.7 Å². The van der Waals surface area contributed by atoms with Crippen LogP contribution in [0.4, 0.5) is 10.2 Å². The molecule has 1 N–H and O–H groups in total. The number of hydrogen-bond donors (Lipinski definition) is 1. The molecule has 5 nitrogen and oxygen atoms in total. The number of halogens is 1. The van der Waals surface area contributed by atoms with Crippen LogP contribution in [0.2, 0.25) is 0 Å². The minimum absolute atomic E-state index is 0.176. The Balaban J connectivity index is 2.20. The number of aromatic nitrogens is 2. The molecule has 0 amide bonds. The molecule has 0 aromatic carbocycles. The van der Waals surface area contributed by atoms with Crippen molar-refractivity contribution in [2.24, 2.45) is 0 Å². The van der Waals surface area contributed by atoms with E-state index in [1.54, 1.807) is 6.92 Å². The summed E-state index contributed by atoms with van der Waals surface area (Å²) in [6.07, 6.45) is 0.742. The van der Waals surface area contributed by atoms with Gasteiger partial charge in [-0.25, -0.2) is 14.4 Å². The Morgan fingerprint density at radius 1 is 1.40 bits per heavy atom. The quantitative estimate of drug-likeness (QED) is 0.896. The number of anilines is 1. The van der Waals surface area contributed by atoms with Crippen LogP contribution >= 0.6 is 0 Å². The highest BCUT2D eigenvalue weighted by atomic mass is 19.1. The number of nitrogens with one attached hydrogen (secondary N) is 1. The van der Waals surface area contributed by atoms with E-state index in [4.69, 9.17) is 4.74 Å². The summed E-state index contributed by atoms with van der Waals surface area (Å²) in [6.45, 7) is 9.83. The second kappa shape index (κ2) is 6.95. The van der Waals surface area contributed by atoms with E-state index in [2.05, 4.69) is 27.1 Å². The van der Waals surface area contributed by atoms with Crippen molar-refractivity contribution in [1.29, 1.82) is 0 Å². The average Bonchev–Trinajstić information content (AvgIpc) is 2.48. The summed E-state index contributed by atoms with van der Waals surface area (Å²) < 4.78 is 19.7. The number of aryl methyl sites for hydroxylation is 1. The zero-order valence-electron chi connectivity index (χ0n) is 12.4. The van der Waals surface area contributed by atoms with Gasteiger partial charge in [-0.3, -0.25) is 4.90 Å². The second-order valence-electron chi connectivity index (χ2n) is 5.01. The molecule has 2 rings (SSSR count). The SMILES string of the molecule is CCCNc1nc(C2CN(CC)CCO2)nc(C)c1F. The average molecular weight is 282 g/mol. The van der Waals surface area contributed by atoms with Gasteiger partial charge in [0.15, 0.2) is 17.5 Å². The topological polar surface area (TPSA) is 50.3 Å². The highest BCUT2D eigenvalue weighted by Crippen LogP contribution is 2.22. The monoisotopic (exact) mass is 282 g/mol. The zero-order chi connectivity index (χ0) is 14.5. The maximum absolute atomic E-state index is 14.0. The van der Waals surface area contributed by atoms with E-state index in [0.29, 0.717) is 24.7 Å². The van der Waals surface area contributed by atoms with Crippen LogP contribution in [0.25, 0.3) is 0 Å². The molecule has 0 bridgehead atoms. The van der Waals surface area contributed by atoms with Crippen LogP contribution in [-0.2, 0) is 4.74 Å². The normalized spacial score (nSPS) is 20.1. The van der Waals surface area contributed by atoms with Crippen molar-refractivity contribution in [1.82, 2.24) is 14.9 Å². The van der Waals surface area contributed by atoms with E-state index < -0.39 is 0 Å². The summed E-state index contributed by atoms with van der Waals surface area (Å²) in [7, 11) is 0. The highest BCUT2D eigenvalue weighted by molar-refractivity contribution is 5.38. The molecule has 0 saturated carbocycles. The highest BCUT2D eigenvalue weighted by Gasteiger charge is 2.25. The van der Waals surface area contributed by atoms with Gasteiger partial charge in [0.1, 0.15) is 6.10 Å².